The van der Waals surface area contributed by atoms with Crippen molar-refractivity contribution in [3.63, 3.8) is 0 Å². The van der Waals surface area contributed by atoms with Gasteiger partial charge in [-0.05, 0) is 30.7 Å². The van der Waals surface area contributed by atoms with Crippen molar-refractivity contribution in [2.45, 2.75) is 31.8 Å². The number of benzene rings is 1. The molecule has 17 heavy (non-hydrogen) atoms. The SMILES string of the molecule is c1ccc(CN(CC2CCOC2)C2CC2)cc1. The van der Waals surface area contributed by atoms with Crippen molar-refractivity contribution in [2.75, 3.05) is 19.8 Å². The molecule has 1 heterocycles. The fourth-order valence-corrected chi connectivity index (χ4v) is 2.66. The summed E-state index contributed by atoms with van der Waals surface area (Å²) in [6, 6.07) is 11.7. The quantitative estimate of drug-likeness (QED) is 0.772. The van der Waals surface area contributed by atoms with Crippen LogP contribution in [-0.2, 0) is 11.3 Å². The van der Waals surface area contributed by atoms with Gasteiger partial charge in [0.05, 0.1) is 6.61 Å². The lowest BCUT2D eigenvalue weighted by Gasteiger charge is -2.24. The molecule has 2 aliphatic rings. The van der Waals surface area contributed by atoms with Crippen molar-refractivity contribution in [1.29, 1.82) is 0 Å². The molecule has 1 aromatic carbocycles. The van der Waals surface area contributed by atoms with Crippen LogP contribution in [0.25, 0.3) is 0 Å². The first-order valence-corrected chi connectivity index (χ1v) is 6.77. The molecular formula is C15H21NO. The highest BCUT2D eigenvalue weighted by Crippen LogP contribution is 2.30. The maximum Gasteiger partial charge on any atom is 0.0507 e. The maximum atomic E-state index is 5.48. The summed E-state index contributed by atoms with van der Waals surface area (Å²) >= 11 is 0. The van der Waals surface area contributed by atoms with Crippen LogP contribution in [0, 0.1) is 5.92 Å². The Bertz CT molecular complexity index is 341. The van der Waals surface area contributed by atoms with Crippen molar-refractivity contribution in [3.8, 4) is 0 Å². The Hall–Kier alpha value is -0.860. The third-order valence-corrected chi connectivity index (χ3v) is 3.81. The molecule has 1 aliphatic heterocycles. The minimum absolute atomic E-state index is 0.763. The molecule has 92 valence electrons. The molecule has 0 radical (unpaired) electrons. The van der Waals surface area contributed by atoms with Gasteiger partial charge in [-0.15, -0.1) is 0 Å². The zero-order valence-corrected chi connectivity index (χ0v) is 10.3. The van der Waals surface area contributed by atoms with Gasteiger partial charge in [0, 0.05) is 25.7 Å². The molecular weight excluding hydrogens is 210 g/mol. The number of hydrogen-bond donors (Lipinski definition) is 0. The van der Waals surface area contributed by atoms with Crippen molar-refractivity contribution in [3.05, 3.63) is 35.9 Å². The van der Waals surface area contributed by atoms with Crippen molar-refractivity contribution in [1.82, 2.24) is 4.90 Å². The van der Waals surface area contributed by atoms with Crippen LogP contribution in [0.3, 0.4) is 0 Å². The molecule has 3 rings (SSSR count). The monoisotopic (exact) mass is 231 g/mol. The summed E-state index contributed by atoms with van der Waals surface area (Å²) < 4.78 is 5.48. The first kappa shape index (κ1) is 11.2. The summed E-state index contributed by atoms with van der Waals surface area (Å²) in [7, 11) is 0. The van der Waals surface area contributed by atoms with Crippen LogP contribution in [-0.4, -0.2) is 30.7 Å². The van der Waals surface area contributed by atoms with Crippen LogP contribution in [0.15, 0.2) is 30.3 Å². The Morgan fingerprint density at radius 2 is 1.94 bits per heavy atom. The fourth-order valence-electron chi connectivity index (χ4n) is 2.66. The highest BCUT2D eigenvalue weighted by Gasteiger charge is 2.31. The minimum atomic E-state index is 0.763. The normalized spacial score (nSPS) is 24.4. The molecule has 0 spiro atoms. The van der Waals surface area contributed by atoms with E-state index in [9.17, 15) is 0 Å². The van der Waals surface area contributed by atoms with Gasteiger partial charge in [-0.3, -0.25) is 4.90 Å². The molecule has 1 aromatic rings. The molecule has 0 aromatic heterocycles. The number of nitrogens with zero attached hydrogens (tertiary/aromatic N) is 1. The average molecular weight is 231 g/mol. The molecule has 1 atom stereocenters. The van der Waals surface area contributed by atoms with E-state index in [1.165, 1.54) is 31.4 Å². The molecule has 1 saturated heterocycles. The largest absolute Gasteiger partial charge is 0.381 e. The summed E-state index contributed by atoms with van der Waals surface area (Å²) in [4.78, 5) is 2.66. The van der Waals surface area contributed by atoms with Gasteiger partial charge in [0.2, 0.25) is 0 Å². The Kier molecular flexibility index (Phi) is 3.44. The second-order valence-corrected chi connectivity index (χ2v) is 5.38. The standard InChI is InChI=1S/C15H21NO/c1-2-4-13(5-3-1)10-16(15-6-7-15)11-14-8-9-17-12-14/h1-5,14-15H,6-12H2. The van der Waals surface area contributed by atoms with E-state index in [-0.39, 0.29) is 0 Å². The maximum absolute atomic E-state index is 5.48. The van der Waals surface area contributed by atoms with Crippen LogP contribution in [0.2, 0.25) is 0 Å². The third kappa shape index (κ3) is 3.08. The van der Waals surface area contributed by atoms with Crippen molar-refractivity contribution < 1.29 is 4.74 Å². The van der Waals surface area contributed by atoms with Gasteiger partial charge in [-0.1, -0.05) is 30.3 Å². The van der Waals surface area contributed by atoms with Gasteiger partial charge in [-0.25, -0.2) is 0 Å². The van der Waals surface area contributed by atoms with Gasteiger partial charge in [-0.2, -0.15) is 0 Å². The highest BCUT2D eigenvalue weighted by atomic mass is 16.5. The molecule has 1 aliphatic carbocycles. The topological polar surface area (TPSA) is 12.5 Å². The summed E-state index contributed by atoms with van der Waals surface area (Å²) in [5.41, 5.74) is 1.44. The first-order valence-electron chi connectivity index (χ1n) is 6.77. The predicted molar refractivity (Wildman–Crippen MR) is 68.8 cm³/mol. The van der Waals surface area contributed by atoms with Crippen molar-refractivity contribution >= 4 is 0 Å². The second kappa shape index (κ2) is 5.19. The molecule has 0 N–H and O–H groups in total. The number of hydrogen-bond acceptors (Lipinski definition) is 2. The summed E-state index contributed by atoms with van der Waals surface area (Å²) in [6.45, 7) is 4.27. The Balaban J connectivity index is 1.60. The summed E-state index contributed by atoms with van der Waals surface area (Å²) in [5, 5.41) is 0. The predicted octanol–water partition coefficient (Wildman–Crippen LogP) is 2.69. The average Bonchev–Trinajstić information content (AvgIpc) is 3.09. The zero-order chi connectivity index (χ0) is 11.5. The number of ether oxygens (including phenoxy) is 1. The number of rotatable bonds is 5. The lowest BCUT2D eigenvalue weighted by Crippen LogP contribution is -2.31. The first-order chi connectivity index (χ1) is 8.42. The molecule has 2 nitrogen and oxygen atoms in total. The Morgan fingerprint density at radius 3 is 2.59 bits per heavy atom. The van der Waals surface area contributed by atoms with Gasteiger partial charge >= 0.3 is 0 Å². The van der Waals surface area contributed by atoms with Gasteiger partial charge < -0.3 is 4.74 Å². The van der Waals surface area contributed by atoms with E-state index in [4.69, 9.17) is 4.74 Å². The minimum Gasteiger partial charge on any atom is -0.381 e. The zero-order valence-electron chi connectivity index (χ0n) is 10.3. The summed E-state index contributed by atoms with van der Waals surface area (Å²) in [6.07, 6.45) is 4.03. The van der Waals surface area contributed by atoms with Crippen LogP contribution in [0.4, 0.5) is 0 Å². The molecule has 1 unspecified atom stereocenters. The van der Waals surface area contributed by atoms with Gasteiger partial charge in [0.15, 0.2) is 0 Å². The highest BCUT2D eigenvalue weighted by molar-refractivity contribution is 5.15. The van der Waals surface area contributed by atoms with Gasteiger partial charge in [0.1, 0.15) is 0 Å². The van der Waals surface area contributed by atoms with Crippen molar-refractivity contribution in [2.24, 2.45) is 5.92 Å². The molecule has 2 fully saturated rings. The molecule has 2 heteroatoms. The van der Waals surface area contributed by atoms with Crippen LogP contribution in [0.5, 0.6) is 0 Å². The Morgan fingerprint density at radius 1 is 1.12 bits per heavy atom. The lowest BCUT2D eigenvalue weighted by molar-refractivity contribution is 0.161. The van der Waals surface area contributed by atoms with E-state index in [0.29, 0.717) is 0 Å². The smallest absolute Gasteiger partial charge is 0.0507 e. The van der Waals surface area contributed by atoms with E-state index in [2.05, 4.69) is 35.2 Å². The van der Waals surface area contributed by atoms with E-state index < -0.39 is 0 Å². The molecule has 1 saturated carbocycles. The Labute approximate surface area is 104 Å². The molecule has 0 bridgehead atoms. The molecule has 0 amide bonds. The summed E-state index contributed by atoms with van der Waals surface area (Å²) in [5.74, 6) is 0.763. The van der Waals surface area contributed by atoms with E-state index in [0.717, 1.165) is 31.7 Å². The van der Waals surface area contributed by atoms with E-state index in [1.807, 2.05) is 0 Å². The third-order valence-electron chi connectivity index (χ3n) is 3.81. The van der Waals surface area contributed by atoms with E-state index in [1.54, 1.807) is 0 Å². The lowest BCUT2D eigenvalue weighted by atomic mass is 10.1. The van der Waals surface area contributed by atoms with Crippen LogP contribution in [0.1, 0.15) is 24.8 Å². The van der Waals surface area contributed by atoms with Crippen LogP contribution >= 0.6 is 0 Å². The van der Waals surface area contributed by atoms with Crippen LogP contribution < -0.4 is 0 Å². The second-order valence-electron chi connectivity index (χ2n) is 5.38. The van der Waals surface area contributed by atoms with E-state index >= 15 is 0 Å². The fraction of sp³-hybridized carbons (Fsp3) is 0.600. The van der Waals surface area contributed by atoms with Gasteiger partial charge in [0.25, 0.3) is 0 Å².